The van der Waals surface area contributed by atoms with Gasteiger partial charge in [0.25, 0.3) is 5.91 Å². The van der Waals surface area contributed by atoms with Gasteiger partial charge in [-0.15, -0.1) is 0 Å². The van der Waals surface area contributed by atoms with E-state index in [9.17, 15) is 4.79 Å². The molecular formula is C23H25N3O2. The molecule has 4 rings (SSSR count). The van der Waals surface area contributed by atoms with Crippen LogP contribution in [0.1, 0.15) is 47.2 Å². The van der Waals surface area contributed by atoms with E-state index in [1.807, 2.05) is 59.3 Å². The number of nitrogens with zero attached hydrogens (tertiary/aromatic N) is 2. The Morgan fingerprint density at radius 3 is 2.64 bits per heavy atom. The quantitative estimate of drug-likeness (QED) is 0.674. The van der Waals surface area contributed by atoms with E-state index >= 15 is 0 Å². The molecule has 144 valence electrons. The summed E-state index contributed by atoms with van der Waals surface area (Å²) in [5.41, 5.74) is 2.80. The Balaban J connectivity index is 1.35. The van der Waals surface area contributed by atoms with Crippen molar-refractivity contribution in [3.8, 4) is 5.75 Å². The van der Waals surface area contributed by atoms with Crippen LogP contribution in [-0.2, 0) is 13.1 Å². The zero-order valence-corrected chi connectivity index (χ0v) is 15.9. The minimum Gasteiger partial charge on any atom is -0.490 e. The lowest BCUT2D eigenvalue weighted by atomic mass is 10.1. The van der Waals surface area contributed by atoms with E-state index < -0.39 is 0 Å². The molecular weight excluding hydrogens is 350 g/mol. The van der Waals surface area contributed by atoms with Crippen LogP contribution in [-0.4, -0.2) is 21.6 Å². The minimum absolute atomic E-state index is 0.0788. The van der Waals surface area contributed by atoms with Crippen LogP contribution in [0, 0.1) is 0 Å². The molecule has 1 N–H and O–H groups in total. The molecule has 1 aromatic heterocycles. The molecule has 1 aliphatic rings. The summed E-state index contributed by atoms with van der Waals surface area (Å²) < 4.78 is 8.15. The minimum atomic E-state index is -0.0788. The number of benzene rings is 2. The zero-order chi connectivity index (χ0) is 19.2. The molecule has 28 heavy (non-hydrogen) atoms. The predicted molar refractivity (Wildman–Crippen MR) is 108 cm³/mol. The van der Waals surface area contributed by atoms with Crippen molar-refractivity contribution in [3.05, 3.63) is 83.9 Å². The molecule has 0 aliphatic heterocycles. The highest BCUT2D eigenvalue weighted by molar-refractivity contribution is 5.94. The first-order valence-electron chi connectivity index (χ1n) is 9.85. The normalized spacial score (nSPS) is 14.1. The summed E-state index contributed by atoms with van der Waals surface area (Å²) in [7, 11) is 0. The predicted octanol–water partition coefficient (Wildman–Crippen LogP) is 4.18. The first-order valence-corrected chi connectivity index (χ1v) is 9.85. The van der Waals surface area contributed by atoms with Crippen LogP contribution in [0.15, 0.2) is 67.3 Å². The molecule has 2 aromatic carbocycles. The fourth-order valence-corrected chi connectivity index (χ4v) is 3.58. The van der Waals surface area contributed by atoms with Gasteiger partial charge in [0.15, 0.2) is 0 Å². The van der Waals surface area contributed by atoms with E-state index in [1.54, 1.807) is 12.5 Å². The third-order valence-electron chi connectivity index (χ3n) is 5.15. The molecule has 5 nitrogen and oxygen atoms in total. The van der Waals surface area contributed by atoms with Gasteiger partial charge in [-0.3, -0.25) is 4.79 Å². The molecule has 0 atom stereocenters. The van der Waals surface area contributed by atoms with Gasteiger partial charge in [-0.25, -0.2) is 4.98 Å². The Labute approximate surface area is 165 Å². The third kappa shape index (κ3) is 4.60. The van der Waals surface area contributed by atoms with Crippen molar-refractivity contribution in [1.29, 1.82) is 0 Å². The average Bonchev–Trinajstić information content (AvgIpc) is 3.42. The number of imidazole rings is 1. The second-order valence-electron chi connectivity index (χ2n) is 7.25. The average molecular weight is 375 g/mol. The maximum Gasteiger partial charge on any atom is 0.251 e. The summed E-state index contributed by atoms with van der Waals surface area (Å²) in [4.78, 5) is 16.6. The lowest BCUT2D eigenvalue weighted by Crippen LogP contribution is -2.23. The van der Waals surface area contributed by atoms with E-state index in [0.29, 0.717) is 18.2 Å². The van der Waals surface area contributed by atoms with Crippen molar-refractivity contribution in [2.45, 2.75) is 44.9 Å². The highest BCUT2D eigenvalue weighted by Crippen LogP contribution is 2.26. The third-order valence-corrected chi connectivity index (χ3v) is 5.15. The van der Waals surface area contributed by atoms with Crippen molar-refractivity contribution < 1.29 is 9.53 Å². The van der Waals surface area contributed by atoms with Gasteiger partial charge in [0.2, 0.25) is 0 Å². The second kappa shape index (κ2) is 8.74. The molecule has 1 amide bonds. The molecule has 0 unspecified atom stereocenters. The van der Waals surface area contributed by atoms with Crippen molar-refractivity contribution in [2.24, 2.45) is 0 Å². The summed E-state index contributed by atoms with van der Waals surface area (Å²) in [6.07, 6.45) is 10.5. The molecule has 1 fully saturated rings. The molecule has 1 heterocycles. The first-order chi connectivity index (χ1) is 13.8. The Morgan fingerprint density at radius 1 is 1.11 bits per heavy atom. The van der Waals surface area contributed by atoms with E-state index in [1.165, 1.54) is 12.8 Å². The summed E-state index contributed by atoms with van der Waals surface area (Å²) in [6.45, 7) is 1.20. The molecule has 0 bridgehead atoms. The summed E-state index contributed by atoms with van der Waals surface area (Å²) in [5.74, 6) is 0.801. The SMILES string of the molecule is O=C(NCc1ccccc1OC1CCCC1)c1ccc(Cn2ccnc2)cc1. The van der Waals surface area contributed by atoms with Gasteiger partial charge in [0, 0.05) is 36.6 Å². The van der Waals surface area contributed by atoms with Gasteiger partial charge in [0.1, 0.15) is 5.75 Å². The van der Waals surface area contributed by atoms with Crippen molar-refractivity contribution in [2.75, 3.05) is 0 Å². The molecule has 5 heteroatoms. The number of nitrogens with one attached hydrogen (secondary N) is 1. The Morgan fingerprint density at radius 2 is 1.89 bits per heavy atom. The molecule has 0 spiro atoms. The number of carbonyl (C=O) groups is 1. The monoisotopic (exact) mass is 375 g/mol. The highest BCUT2D eigenvalue weighted by Gasteiger charge is 2.18. The van der Waals surface area contributed by atoms with E-state index in [4.69, 9.17) is 4.74 Å². The van der Waals surface area contributed by atoms with Crippen LogP contribution in [0.5, 0.6) is 5.75 Å². The largest absolute Gasteiger partial charge is 0.490 e. The lowest BCUT2D eigenvalue weighted by Gasteiger charge is -2.17. The van der Waals surface area contributed by atoms with Gasteiger partial charge in [0.05, 0.1) is 12.4 Å². The Hall–Kier alpha value is -3.08. The molecule has 1 aliphatic carbocycles. The van der Waals surface area contributed by atoms with E-state index in [-0.39, 0.29) is 5.91 Å². The number of ether oxygens (including phenoxy) is 1. The van der Waals surface area contributed by atoms with Crippen molar-refractivity contribution >= 4 is 5.91 Å². The van der Waals surface area contributed by atoms with Crippen LogP contribution in [0.4, 0.5) is 0 Å². The van der Waals surface area contributed by atoms with Crippen LogP contribution in [0.3, 0.4) is 0 Å². The Kier molecular flexibility index (Phi) is 5.71. The van der Waals surface area contributed by atoms with Crippen molar-refractivity contribution in [1.82, 2.24) is 14.9 Å². The summed E-state index contributed by atoms with van der Waals surface area (Å²) in [6, 6.07) is 15.6. The van der Waals surface area contributed by atoms with Crippen LogP contribution in [0.25, 0.3) is 0 Å². The lowest BCUT2D eigenvalue weighted by molar-refractivity contribution is 0.0950. The van der Waals surface area contributed by atoms with Gasteiger partial charge in [-0.2, -0.15) is 0 Å². The number of aromatic nitrogens is 2. The number of hydrogen-bond donors (Lipinski definition) is 1. The van der Waals surface area contributed by atoms with Gasteiger partial charge < -0.3 is 14.6 Å². The zero-order valence-electron chi connectivity index (χ0n) is 15.9. The van der Waals surface area contributed by atoms with Crippen LogP contribution >= 0.6 is 0 Å². The second-order valence-corrected chi connectivity index (χ2v) is 7.25. The van der Waals surface area contributed by atoms with Crippen LogP contribution in [0.2, 0.25) is 0 Å². The number of hydrogen-bond acceptors (Lipinski definition) is 3. The summed E-state index contributed by atoms with van der Waals surface area (Å²) >= 11 is 0. The van der Waals surface area contributed by atoms with Gasteiger partial charge in [-0.05, 0) is 49.4 Å². The molecule has 0 saturated heterocycles. The molecule has 1 saturated carbocycles. The fourth-order valence-electron chi connectivity index (χ4n) is 3.58. The fraction of sp³-hybridized carbons (Fsp3) is 0.304. The van der Waals surface area contributed by atoms with E-state index in [0.717, 1.165) is 36.3 Å². The van der Waals surface area contributed by atoms with Gasteiger partial charge >= 0.3 is 0 Å². The number of rotatable bonds is 7. The number of amides is 1. The van der Waals surface area contributed by atoms with Crippen molar-refractivity contribution in [3.63, 3.8) is 0 Å². The summed E-state index contributed by atoms with van der Waals surface area (Å²) in [5, 5.41) is 3.01. The number of para-hydroxylation sites is 1. The standard InChI is InChI=1S/C23H25N3O2/c27-23(19-11-9-18(10-12-19)16-26-14-13-24-17-26)25-15-20-5-1-4-8-22(20)28-21-6-2-3-7-21/h1,4-5,8-14,17,21H,2-3,6-7,15-16H2,(H,25,27). The topological polar surface area (TPSA) is 56.1 Å². The molecule has 0 radical (unpaired) electrons. The van der Waals surface area contributed by atoms with Crippen LogP contribution < -0.4 is 10.1 Å². The smallest absolute Gasteiger partial charge is 0.251 e. The first kappa shape index (κ1) is 18.3. The maximum atomic E-state index is 12.5. The molecule has 3 aromatic rings. The van der Waals surface area contributed by atoms with Gasteiger partial charge in [-0.1, -0.05) is 30.3 Å². The highest BCUT2D eigenvalue weighted by atomic mass is 16.5. The van der Waals surface area contributed by atoms with E-state index in [2.05, 4.69) is 10.3 Å². The number of carbonyl (C=O) groups excluding carboxylic acids is 1. The maximum absolute atomic E-state index is 12.5. The Bertz CT molecular complexity index is 898.